The number of rotatable bonds is 3. The lowest BCUT2D eigenvalue weighted by molar-refractivity contribution is -0.149. The number of fused-ring (bicyclic) bond motifs is 1. The second-order valence-corrected chi connectivity index (χ2v) is 10.8. The number of carbonyl (C=O) groups excluding carboxylic acids is 2. The smallest absolute Gasteiger partial charge is 0.410 e. The van der Waals surface area contributed by atoms with Gasteiger partial charge in [0.25, 0.3) is 5.91 Å². The molecule has 9 nitrogen and oxygen atoms in total. The molecule has 1 unspecified atom stereocenters. The number of carbonyl (C=O) groups is 2. The van der Waals surface area contributed by atoms with E-state index < -0.39 is 5.60 Å². The van der Waals surface area contributed by atoms with E-state index in [1.54, 1.807) is 22.1 Å². The minimum atomic E-state index is -0.496. The molecule has 4 heterocycles. The van der Waals surface area contributed by atoms with Crippen molar-refractivity contribution in [3.05, 3.63) is 47.8 Å². The van der Waals surface area contributed by atoms with Gasteiger partial charge in [0.2, 0.25) is 6.29 Å². The van der Waals surface area contributed by atoms with Crippen molar-refractivity contribution in [3.8, 4) is 16.9 Å². The lowest BCUT2D eigenvalue weighted by atomic mass is 9.95. The summed E-state index contributed by atoms with van der Waals surface area (Å²) in [5, 5.41) is 0. The Morgan fingerprint density at radius 2 is 1.70 bits per heavy atom. The third-order valence-electron chi connectivity index (χ3n) is 6.90. The number of benzene rings is 1. The van der Waals surface area contributed by atoms with Gasteiger partial charge in [-0.3, -0.25) is 9.78 Å². The van der Waals surface area contributed by atoms with Gasteiger partial charge in [0.05, 0.1) is 19.8 Å². The molecule has 37 heavy (non-hydrogen) atoms. The minimum absolute atomic E-state index is 0.0648. The van der Waals surface area contributed by atoms with E-state index in [1.807, 2.05) is 39.0 Å². The predicted octanol–water partition coefficient (Wildman–Crippen LogP) is 4.10. The standard InChI is InChI=1S/C28H35N3O6/c1-28(2,3)37-27(33)31-10-8-19(9-11-31)26-35-18-22-16-20(5-7-24(22)36-26)21-4-6-23(29-17-21)25(32)30-12-14-34-15-13-30/h4-7,16-17,19,26H,8-15,18H2,1-3H3. The minimum Gasteiger partial charge on any atom is -0.464 e. The Kier molecular flexibility index (Phi) is 7.35. The average Bonchev–Trinajstić information content (AvgIpc) is 2.92. The highest BCUT2D eigenvalue weighted by molar-refractivity contribution is 5.92. The zero-order valence-corrected chi connectivity index (χ0v) is 21.8. The van der Waals surface area contributed by atoms with Crippen LogP contribution in [0.2, 0.25) is 0 Å². The molecule has 3 aliphatic rings. The van der Waals surface area contributed by atoms with Gasteiger partial charge in [-0.25, -0.2) is 4.79 Å². The van der Waals surface area contributed by atoms with Crippen molar-refractivity contribution >= 4 is 12.0 Å². The van der Waals surface area contributed by atoms with Gasteiger partial charge in [0, 0.05) is 49.4 Å². The molecule has 0 N–H and O–H groups in total. The van der Waals surface area contributed by atoms with Gasteiger partial charge >= 0.3 is 6.09 Å². The first-order chi connectivity index (χ1) is 17.8. The van der Waals surface area contributed by atoms with E-state index in [0.717, 1.165) is 35.3 Å². The van der Waals surface area contributed by atoms with Gasteiger partial charge in [0.1, 0.15) is 17.0 Å². The van der Waals surface area contributed by atoms with E-state index in [-0.39, 0.29) is 24.2 Å². The summed E-state index contributed by atoms with van der Waals surface area (Å²) in [6, 6.07) is 9.74. The van der Waals surface area contributed by atoms with Crippen LogP contribution in [0.5, 0.6) is 5.75 Å². The SMILES string of the molecule is CC(C)(C)OC(=O)N1CCC(C2OCc3cc(-c4ccc(C(=O)N5CCOCC5)nc4)ccc3O2)CC1. The van der Waals surface area contributed by atoms with Crippen LogP contribution in [0.3, 0.4) is 0 Å². The van der Waals surface area contributed by atoms with E-state index >= 15 is 0 Å². The van der Waals surface area contributed by atoms with Crippen LogP contribution in [0.25, 0.3) is 11.1 Å². The Hall–Kier alpha value is -3.17. The molecule has 2 amide bonds. The number of hydrogen-bond acceptors (Lipinski definition) is 7. The molecular weight excluding hydrogens is 474 g/mol. The Bertz CT molecular complexity index is 1120. The highest BCUT2D eigenvalue weighted by Crippen LogP contribution is 2.35. The van der Waals surface area contributed by atoms with Gasteiger partial charge in [-0.1, -0.05) is 12.1 Å². The fourth-order valence-electron chi connectivity index (χ4n) is 4.85. The number of nitrogens with zero attached hydrogens (tertiary/aromatic N) is 3. The van der Waals surface area contributed by atoms with E-state index in [0.29, 0.717) is 51.7 Å². The van der Waals surface area contributed by atoms with Gasteiger partial charge in [-0.15, -0.1) is 0 Å². The first-order valence-corrected chi connectivity index (χ1v) is 13.0. The molecule has 1 aromatic carbocycles. The zero-order valence-electron chi connectivity index (χ0n) is 21.8. The van der Waals surface area contributed by atoms with Crippen LogP contribution >= 0.6 is 0 Å². The summed E-state index contributed by atoms with van der Waals surface area (Å²) < 4.78 is 23.1. The third-order valence-corrected chi connectivity index (χ3v) is 6.90. The number of aromatic nitrogens is 1. The number of piperidine rings is 1. The maximum absolute atomic E-state index is 12.7. The molecule has 2 aromatic rings. The molecule has 2 fully saturated rings. The highest BCUT2D eigenvalue weighted by Gasteiger charge is 2.34. The van der Waals surface area contributed by atoms with E-state index in [2.05, 4.69) is 11.1 Å². The van der Waals surface area contributed by atoms with Crippen molar-refractivity contribution in [2.45, 2.75) is 52.1 Å². The largest absolute Gasteiger partial charge is 0.464 e. The molecule has 2 saturated heterocycles. The number of morpholine rings is 1. The lowest BCUT2D eigenvalue weighted by Gasteiger charge is -2.38. The fraction of sp³-hybridized carbons (Fsp3) is 0.536. The molecule has 198 valence electrons. The van der Waals surface area contributed by atoms with E-state index in [9.17, 15) is 9.59 Å². The van der Waals surface area contributed by atoms with Crippen molar-refractivity contribution < 1.29 is 28.5 Å². The first kappa shape index (κ1) is 25.5. The molecule has 1 aromatic heterocycles. The van der Waals surface area contributed by atoms with Crippen LogP contribution in [0.4, 0.5) is 4.79 Å². The number of pyridine rings is 1. The molecule has 0 saturated carbocycles. The molecular formula is C28H35N3O6. The molecule has 0 bridgehead atoms. The highest BCUT2D eigenvalue weighted by atomic mass is 16.7. The Labute approximate surface area is 217 Å². The predicted molar refractivity (Wildman–Crippen MR) is 136 cm³/mol. The Balaban J connectivity index is 1.18. The van der Waals surface area contributed by atoms with Crippen LogP contribution in [0.15, 0.2) is 36.5 Å². The van der Waals surface area contributed by atoms with Crippen molar-refractivity contribution in [2.24, 2.45) is 5.92 Å². The molecule has 5 rings (SSSR count). The number of hydrogen-bond donors (Lipinski definition) is 0. The summed E-state index contributed by atoms with van der Waals surface area (Å²) in [5.41, 5.74) is 2.85. The topological polar surface area (TPSA) is 90.4 Å². The monoisotopic (exact) mass is 509 g/mol. The summed E-state index contributed by atoms with van der Waals surface area (Å²) in [4.78, 5) is 33.0. The van der Waals surface area contributed by atoms with Crippen LogP contribution in [0.1, 0.15) is 49.7 Å². The molecule has 1 atom stereocenters. The quantitative estimate of drug-likeness (QED) is 0.615. The van der Waals surface area contributed by atoms with Gasteiger partial charge in [0.15, 0.2) is 0 Å². The zero-order chi connectivity index (χ0) is 26.0. The average molecular weight is 510 g/mol. The molecule has 9 heteroatoms. The number of ether oxygens (including phenoxy) is 4. The fourth-order valence-corrected chi connectivity index (χ4v) is 4.85. The van der Waals surface area contributed by atoms with Crippen molar-refractivity contribution in [1.29, 1.82) is 0 Å². The summed E-state index contributed by atoms with van der Waals surface area (Å²) >= 11 is 0. The third kappa shape index (κ3) is 6.05. The van der Waals surface area contributed by atoms with Crippen molar-refractivity contribution in [1.82, 2.24) is 14.8 Å². The second kappa shape index (κ2) is 10.7. The summed E-state index contributed by atoms with van der Waals surface area (Å²) in [6.07, 6.45) is 2.76. The van der Waals surface area contributed by atoms with Crippen molar-refractivity contribution in [2.75, 3.05) is 39.4 Å². The maximum atomic E-state index is 12.7. The molecule has 3 aliphatic heterocycles. The van der Waals surface area contributed by atoms with Gasteiger partial charge < -0.3 is 28.7 Å². The van der Waals surface area contributed by atoms with E-state index in [4.69, 9.17) is 18.9 Å². The van der Waals surface area contributed by atoms with Crippen LogP contribution < -0.4 is 4.74 Å². The molecule has 0 spiro atoms. The maximum Gasteiger partial charge on any atom is 0.410 e. The Morgan fingerprint density at radius 3 is 2.38 bits per heavy atom. The number of amides is 2. The van der Waals surface area contributed by atoms with Gasteiger partial charge in [-0.2, -0.15) is 0 Å². The Morgan fingerprint density at radius 1 is 0.973 bits per heavy atom. The number of likely N-dealkylation sites (tertiary alicyclic amines) is 1. The normalized spacial score (nSPS) is 20.7. The first-order valence-electron chi connectivity index (χ1n) is 13.0. The van der Waals surface area contributed by atoms with Gasteiger partial charge in [-0.05, 0) is 57.4 Å². The van der Waals surface area contributed by atoms with Crippen LogP contribution in [-0.2, 0) is 20.8 Å². The van der Waals surface area contributed by atoms with Crippen LogP contribution in [-0.4, -0.2) is 78.1 Å². The summed E-state index contributed by atoms with van der Waals surface area (Å²) in [7, 11) is 0. The lowest BCUT2D eigenvalue weighted by Crippen LogP contribution is -2.45. The molecule has 0 aliphatic carbocycles. The second-order valence-electron chi connectivity index (χ2n) is 10.8. The van der Waals surface area contributed by atoms with E-state index in [1.165, 1.54) is 0 Å². The van der Waals surface area contributed by atoms with Crippen molar-refractivity contribution in [3.63, 3.8) is 0 Å². The summed E-state index contributed by atoms with van der Waals surface area (Å²) in [5.74, 6) is 0.971. The van der Waals surface area contributed by atoms with Crippen LogP contribution in [0, 0.1) is 5.92 Å². The summed E-state index contributed by atoms with van der Waals surface area (Å²) in [6.45, 7) is 9.67. The molecule has 0 radical (unpaired) electrons.